The Morgan fingerprint density at radius 1 is 0.722 bits per heavy atom. The molecule has 0 radical (unpaired) electrons. The molecule has 0 saturated carbocycles. The lowest BCUT2D eigenvalue weighted by Gasteiger charge is -2.39. The van der Waals surface area contributed by atoms with Gasteiger partial charge in [-0.3, -0.25) is 4.79 Å². The molecule has 1 aromatic heterocycles. The minimum atomic E-state index is -1.95. The van der Waals surface area contributed by atoms with Crippen LogP contribution in [0.25, 0.3) is 28.4 Å². The second-order valence-corrected chi connectivity index (χ2v) is 12.5. The molecule has 0 aliphatic carbocycles. The highest BCUT2D eigenvalue weighted by molar-refractivity contribution is 5.88. The van der Waals surface area contributed by atoms with Gasteiger partial charge in [0, 0.05) is 23.8 Å². The van der Waals surface area contributed by atoms with Crippen LogP contribution in [0.1, 0.15) is 5.56 Å². The highest BCUT2D eigenvalue weighted by atomic mass is 16.7. The third-order valence-corrected chi connectivity index (χ3v) is 8.73. The van der Waals surface area contributed by atoms with E-state index in [-0.39, 0.29) is 28.4 Å². The minimum Gasteiger partial charge on any atom is -0.508 e. The van der Waals surface area contributed by atoms with Crippen LogP contribution in [-0.4, -0.2) is 132 Å². The van der Waals surface area contributed by atoms with Crippen molar-refractivity contribution in [3.63, 3.8) is 0 Å². The Balaban J connectivity index is 1.13. The lowest BCUT2D eigenvalue weighted by molar-refractivity contribution is -0.278. The molecule has 3 heterocycles. The Labute approximate surface area is 304 Å². The topological polar surface area (TPSA) is 296 Å². The lowest BCUT2D eigenvalue weighted by atomic mass is 9.99. The van der Waals surface area contributed by atoms with Crippen molar-refractivity contribution in [3.05, 3.63) is 82.5 Å². The first-order valence-corrected chi connectivity index (χ1v) is 16.4. The van der Waals surface area contributed by atoms with Crippen molar-refractivity contribution in [2.75, 3.05) is 13.2 Å². The number of carbonyl (C=O) groups excluding carboxylic acids is 1. The van der Waals surface area contributed by atoms with Gasteiger partial charge in [0.1, 0.15) is 89.4 Å². The molecular weight excluding hydrogens is 720 g/mol. The van der Waals surface area contributed by atoms with Gasteiger partial charge in [0.25, 0.3) is 0 Å². The number of aromatic hydroxyl groups is 3. The van der Waals surface area contributed by atoms with E-state index >= 15 is 0 Å². The van der Waals surface area contributed by atoms with Gasteiger partial charge < -0.3 is 79.2 Å². The number of carbonyl (C=O) groups is 1. The molecule has 2 aliphatic heterocycles. The fourth-order valence-corrected chi connectivity index (χ4v) is 5.78. The standard InChI is InChI=1S/C36H36O18/c37-13-22-26(42)29(45)31(47)35(52-22)50-19-8-1-15(2-9-19)3-10-24(41)49-14-23-27(43)30(46)32(48)36(53-23)54-34-28(44)25-20(40)11-18(39)12-21(25)51-33(34)16-4-6-17(38)7-5-16/h1-12,22-23,26-27,29-32,35-40,42-43,45-48H,13-14H2/b10-3+/t22?,23?,26-,27-,29?,30?,31?,32?,35+,36-/m0/s1. The van der Waals surface area contributed by atoms with Crippen LogP contribution < -0.4 is 14.9 Å². The Kier molecular flexibility index (Phi) is 11.4. The summed E-state index contributed by atoms with van der Waals surface area (Å²) < 4.78 is 33.2. The molecule has 6 rings (SSSR count). The highest BCUT2D eigenvalue weighted by Gasteiger charge is 2.47. The van der Waals surface area contributed by atoms with Crippen LogP contribution in [0, 0.1) is 0 Å². The maximum Gasteiger partial charge on any atom is 0.330 e. The zero-order valence-electron chi connectivity index (χ0n) is 27.9. The number of esters is 1. The maximum absolute atomic E-state index is 13.7. The third kappa shape index (κ3) is 7.97. The van der Waals surface area contributed by atoms with Crippen molar-refractivity contribution < 1.29 is 84.0 Å². The minimum absolute atomic E-state index is 0.118. The first kappa shape index (κ1) is 38.4. The van der Waals surface area contributed by atoms with E-state index in [2.05, 4.69) is 0 Å². The average Bonchev–Trinajstić information content (AvgIpc) is 3.15. The fourth-order valence-electron chi connectivity index (χ4n) is 5.78. The number of ether oxygens (including phenoxy) is 5. The summed E-state index contributed by atoms with van der Waals surface area (Å²) >= 11 is 0. The molecule has 54 heavy (non-hydrogen) atoms. The van der Waals surface area contributed by atoms with E-state index in [1.165, 1.54) is 54.6 Å². The predicted octanol–water partition coefficient (Wildman–Crippen LogP) is -0.802. The summed E-state index contributed by atoms with van der Waals surface area (Å²) in [5.41, 5.74) is -0.531. The number of phenolic OH excluding ortho intramolecular Hbond substituents is 3. The van der Waals surface area contributed by atoms with Crippen LogP contribution in [0.5, 0.6) is 28.7 Å². The molecule has 0 bridgehead atoms. The molecule has 10 N–H and O–H groups in total. The lowest BCUT2D eigenvalue weighted by Crippen LogP contribution is -2.60. The highest BCUT2D eigenvalue weighted by Crippen LogP contribution is 2.37. The van der Waals surface area contributed by atoms with Gasteiger partial charge >= 0.3 is 5.97 Å². The summed E-state index contributed by atoms with van der Waals surface area (Å²) in [6, 6.07) is 13.2. The van der Waals surface area contributed by atoms with Crippen molar-refractivity contribution in [1.82, 2.24) is 0 Å². The van der Waals surface area contributed by atoms with Gasteiger partial charge in [-0.1, -0.05) is 12.1 Å². The molecule has 0 spiro atoms. The first-order valence-electron chi connectivity index (χ1n) is 16.4. The quantitative estimate of drug-likeness (QED) is 0.0700. The Bertz CT molecular complexity index is 2030. The summed E-state index contributed by atoms with van der Waals surface area (Å²) in [7, 11) is 0. The molecule has 3 aromatic carbocycles. The number of aliphatic hydroxyl groups excluding tert-OH is 7. The van der Waals surface area contributed by atoms with Gasteiger partial charge in [0.15, 0.2) is 5.76 Å². The normalized spacial score (nSPS) is 28.6. The van der Waals surface area contributed by atoms with Crippen molar-refractivity contribution in [2.45, 2.75) is 61.4 Å². The molecule has 0 amide bonds. The molecule has 4 aromatic rings. The van der Waals surface area contributed by atoms with E-state index in [0.717, 1.165) is 18.2 Å². The molecular formula is C36H36O18. The largest absolute Gasteiger partial charge is 0.508 e. The SMILES string of the molecule is O=C(/C=C/c1ccc(O[C@@H]2OC(CO)[C@H](O)C(O)C2O)cc1)OCC1O[C@@H](Oc2c(-c3ccc(O)cc3)oc3cc(O)cc(O)c3c2=O)C(O)C(O)[C@H]1O. The van der Waals surface area contributed by atoms with E-state index in [1.54, 1.807) is 0 Å². The second kappa shape index (κ2) is 16.0. The van der Waals surface area contributed by atoms with Gasteiger partial charge in [-0.2, -0.15) is 0 Å². The van der Waals surface area contributed by atoms with Gasteiger partial charge in [-0.05, 0) is 48.0 Å². The van der Waals surface area contributed by atoms with Gasteiger partial charge in [0.2, 0.25) is 23.8 Å². The van der Waals surface area contributed by atoms with E-state index in [4.69, 9.17) is 28.1 Å². The van der Waals surface area contributed by atoms with Crippen LogP contribution in [0.3, 0.4) is 0 Å². The fraction of sp³-hybridized carbons (Fsp3) is 0.333. The molecule has 2 fully saturated rings. The van der Waals surface area contributed by atoms with Crippen LogP contribution in [0.4, 0.5) is 0 Å². The zero-order chi connectivity index (χ0) is 38.8. The van der Waals surface area contributed by atoms with Crippen molar-refractivity contribution in [3.8, 4) is 40.1 Å². The first-order chi connectivity index (χ1) is 25.7. The molecule has 10 atom stereocenters. The monoisotopic (exact) mass is 756 g/mol. The summed E-state index contributed by atoms with van der Waals surface area (Å²) in [4.78, 5) is 26.2. The predicted molar refractivity (Wildman–Crippen MR) is 181 cm³/mol. The number of fused-ring (bicyclic) bond motifs is 1. The summed E-state index contributed by atoms with van der Waals surface area (Å²) in [6.45, 7) is -1.28. The molecule has 288 valence electrons. The number of hydrogen-bond donors (Lipinski definition) is 10. The van der Waals surface area contributed by atoms with Crippen LogP contribution in [-0.2, 0) is 19.0 Å². The van der Waals surface area contributed by atoms with Crippen molar-refractivity contribution in [2.24, 2.45) is 0 Å². The van der Waals surface area contributed by atoms with E-state index in [9.17, 15) is 60.7 Å². The number of phenols is 3. The average molecular weight is 757 g/mol. The van der Waals surface area contributed by atoms with Gasteiger partial charge in [-0.15, -0.1) is 0 Å². The third-order valence-electron chi connectivity index (χ3n) is 8.73. The number of benzene rings is 3. The molecule has 2 aliphatic rings. The Hall–Kier alpha value is -5.28. The van der Waals surface area contributed by atoms with E-state index in [0.29, 0.717) is 5.56 Å². The summed E-state index contributed by atoms with van der Waals surface area (Å²) in [5, 5.41) is 101. The zero-order valence-corrected chi connectivity index (χ0v) is 27.9. The van der Waals surface area contributed by atoms with Crippen LogP contribution in [0.15, 0.2) is 76.0 Å². The van der Waals surface area contributed by atoms with Gasteiger partial charge in [-0.25, -0.2) is 4.79 Å². The number of rotatable bonds is 10. The molecule has 6 unspecified atom stereocenters. The Morgan fingerprint density at radius 3 is 1.98 bits per heavy atom. The second-order valence-electron chi connectivity index (χ2n) is 12.5. The Morgan fingerprint density at radius 2 is 1.33 bits per heavy atom. The van der Waals surface area contributed by atoms with E-state index in [1.807, 2.05) is 0 Å². The van der Waals surface area contributed by atoms with Crippen molar-refractivity contribution >= 4 is 23.0 Å². The molecule has 2 saturated heterocycles. The molecule has 18 heteroatoms. The van der Waals surface area contributed by atoms with Crippen LogP contribution >= 0.6 is 0 Å². The smallest absolute Gasteiger partial charge is 0.330 e. The summed E-state index contributed by atoms with van der Waals surface area (Å²) in [6.07, 6.45) is -13.9. The van der Waals surface area contributed by atoms with Crippen molar-refractivity contribution in [1.29, 1.82) is 0 Å². The maximum atomic E-state index is 13.7. The number of hydrogen-bond acceptors (Lipinski definition) is 18. The number of aliphatic hydroxyl groups is 7. The molecule has 18 nitrogen and oxygen atoms in total. The van der Waals surface area contributed by atoms with E-state index < -0.39 is 109 Å². The van der Waals surface area contributed by atoms with Crippen LogP contribution in [0.2, 0.25) is 0 Å². The summed E-state index contributed by atoms with van der Waals surface area (Å²) in [5.74, 6) is -2.78. The van der Waals surface area contributed by atoms with Gasteiger partial charge in [0.05, 0.1) is 6.61 Å².